The maximum absolute atomic E-state index is 13.8. The summed E-state index contributed by atoms with van der Waals surface area (Å²) in [6, 6.07) is 21.4. The molecule has 1 atom stereocenters. The van der Waals surface area contributed by atoms with Crippen molar-refractivity contribution in [2.75, 3.05) is 13.1 Å². The molecule has 3 aromatic rings. The van der Waals surface area contributed by atoms with Gasteiger partial charge in [-0.05, 0) is 48.7 Å². The molecule has 180 valence electrons. The number of nitrogens with zero attached hydrogens (tertiary/aromatic N) is 1. The fraction of sp³-hybridized carbons (Fsp3) is 0.296. The number of likely N-dealkylation sites (tertiary alicyclic amines) is 1. The number of halogens is 1. The van der Waals surface area contributed by atoms with Gasteiger partial charge in [-0.3, -0.25) is 0 Å². The van der Waals surface area contributed by atoms with Crippen LogP contribution in [0.25, 0.3) is 0 Å². The Morgan fingerprint density at radius 3 is 2.21 bits per heavy atom. The van der Waals surface area contributed by atoms with Crippen LogP contribution in [0.4, 0.5) is 9.18 Å². The van der Waals surface area contributed by atoms with Crippen LogP contribution in [0, 0.1) is 12.7 Å². The van der Waals surface area contributed by atoms with Crippen LogP contribution in [0.2, 0.25) is 0 Å². The normalized spacial score (nSPS) is 17.6. The van der Waals surface area contributed by atoms with E-state index in [9.17, 15) is 17.6 Å². The lowest BCUT2D eigenvalue weighted by molar-refractivity contribution is 0.103. The Morgan fingerprint density at radius 2 is 1.59 bits per heavy atom. The van der Waals surface area contributed by atoms with E-state index in [1.165, 1.54) is 17.0 Å². The first-order chi connectivity index (χ1) is 16.3. The van der Waals surface area contributed by atoms with Gasteiger partial charge in [-0.15, -0.1) is 0 Å². The van der Waals surface area contributed by atoms with Crippen molar-refractivity contribution in [3.05, 3.63) is 101 Å². The van der Waals surface area contributed by atoms with Gasteiger partial charge in [0, 0.05) is 13.1 Å². The van der Waals surface area contributed by atoms with Gasteiger partial charge in [0.1, 0.15) is 17.2 Å². The lowest BCUT2D eigenvalue weighted by Crippen LogP contribution is -2.40. The molecule has 0 saturated carbocycles. The van der Waals surface area contributed by atoms with Crippen molar-refractivity contribution < 1.29 is 22.3 Å². The monoisotopic (exact) mass is 483 g/mol. The van der Waals surface area contributed by atoms with Crippen molar-refractivity contribution in [3.8, 4) is 0 Å². The summed E-state index contributed by atoms with van der Waals surface area (Å²) >= 11 is 0. The molecule has 1 saturated heterocycles. The Bertz CT molecular complexity index is 1200. The molecule has 0 aliphatic carbocycles. The van der Waals surface area contributed by atoms with Crippen LogP contribution in [0.3, 0.4) is 0 Å². The van der Waals surface area contributed by atoms with E-state index in [2.05, 4.69) is 0 Å². The molecule has 0 bridgehead atoms. The van der Waals surface area contributed by atoms with Crippen molar-refractivity contribution in [1.29, 1.82) is 0 Å². The molecular formula is C27H30FNO4S. The first-order valence-corrected chi connectivity index (χ1v) is 12.8. The quantitative estimate of drug-likeness (QED) is 0.426. The van der Waals surface area contributed by atoms with Gasteiger partial charge in [0.25, 0.3) is 0 Å². The topological polar surface area (TPSA) is 63.7 Å². The van der Waals surface area contributed by atoms with Crippen LogP contribution in [0.1, 0.15) is 37.0 Å². The molecule has 1 fully saturated rings. The number of hydrogen-bond acceptors (Lipinski definition) is 4. The van der Waals surface area contributed by atoms with Crippen LogP contribution < -0.4 is 0 Å². The Labute approximate surface area is 201 Å². The second-order valence-electron chi connectivity index (χ2n) is 8.03. The zero-order valence-corrected chi connectivity index (χ0v) is 20.5. The van der Waals surface area contributed by atoms with Crippen LogP contribution in [0.5, 0.6) is 0 Å². The molecule has 7 heteroatoms. The molecule has 1 aliphatic heterocycles. The third-order valence-corrected chi connectivity index (χ3v) is 8.40. The van der Waals surface area contributed by atoms with Crippen LogP contribution >= 0.6 is 0 Å². The van der Waals surface area contributed by atoms with Gasteiger partial charge in [-0.1, -0.05) is 74.0 Å². The molecule has 5 nitrogen and oxygen atoms in total. The van der Waals surface area contributed by atoms with E-state index in [0.29, 0.717) is 5.56 Å². The number of carbonyl (C=O) groups excluding carboxylic acids is 1. The molecule has 0 aromatic heterocycles. The highest BCUT2D eigenvalue weighted by Gasteiger charge is 2.52. The predicted molar refractivity (Wildman–Crippen MR) is 131 cm³/mol. The summed E-state index contributed by atoms with van der Waals surface area (Å²) in [6.07, 6.45) is -0.340. The molecule has 1 unspecified atom stereocenters. The number of rotatable bonds is 5. The number of sulfone groups is 1. The minimum atomic E-state index is -3.93. The van der Waals surface area contributed by atoms with Crippen LogP contribution in [0.15, 0.2) is 83.8 Å². The minimum absolute atomic E-state index is 0.0268. The summed E-state index contributed by atoms with van der Waals surface area (Å²) in [6.45, 7) is 6.23. The third kappa shape index (κ3) is 5.14. The fourth-order valence-electron chi connectivity index (χ4n) is 4.06. The molecule has 0 spiro atoms. The van der Waals surface area contributed by atoms with E-state index in [4.69, 9.17) is 4.74 Å². The van der Waals surface area contributed by atoms with E-state index >= 15 is 0 Å². The third-order valence-electron chi connectivity index (χ3n) is 5.91. The molecule has 1 heterocycles. The number of amides is 1. The summed E-state index contributed by atoms with van der Waals surface area (Å²) < 4.78 is 45.1. The number of carbonyl (C=O) groups is 1. The Morgan fingerprint density at radius 1 is 0.971 bits per heavy atom. The lowest BCUT2D eigenvalue weighted by atomic mass is 9.96. The summed E-state index contributed by atoms with van der Waals surface area (Å²) in [7, 11) is -3.93. The van der Waals surface area contributed by atoms with E-state index in [0.717, 1.165) is 23.3 Å². The highest BCUT2D eigenvalue weighted by atomic mass is 32.2. The van der Waals surface area contributed by atoms with Gasteiger partial charge in [0.2, 0.25) is 0 Å². The maximum atomic E-state index is 13.8. The number of aryl methyl sites for hydroxylation is 1. The van der Waals surface area contributed by atoms with Crippen molar-refractivity contribution >= 4 is 15.9 Å². The molecule has 0 radical (unpaired) electrons. The van der Waals surface area contributed by atoms with Crippen molar-refractivity contribution in [3.63, 3.8) is 0 Å². The van der Waals surface area contributed by atoms with Gasteiger partial charge in [-0.2, -0.15) is 0 Å². The van der Waals surface area contributed by atoms with E-state index < -0.39 is 26.5 Å². The predicted octanol–water partition coefficient (Wildman–Crippen LogP) is 5.87. The summed E-state index contributed by atoms with van der Waals surface area (Å²) in [5.74, 6) is -0.508. The van der Waals surface area contributed by atoms with Gasteiger partial charge in [-0.25, -0.2) is 17.6 Å². The number of hydrogen-bond donors (Lipinski definition) is 0. The molecule has 1 amide bonds. The van der Waals surface area contributed by atoms with E-state index in [1.807, 2.05) is 63.2 Å². The SMILES string of the molecule is CC.Cc1ccc(C2(S(=O)(=O)c3ccc(F)cc3)CCN(C(=O)OCc3ccccc3)C2)cc1. The van der Waals surface area contributed by atoms with Gasteiger partial charge >= 0.3 is 6.09 Å². The van der Waals surface area contributed by atoms with Crippen LogP contribution in [-0.2, 0) is 25.9 Å². The van der Waals surface area contributed by atoms with Crippen LogP contribution in [-0.4, -0.2) is 32.5 Å². The smallest absolute Gasteiger partial charge is 0.410 e. The largest absolute Gasteiger partial charge is 0.445 e. The highest BCUT2D eigenvalue weighted by Crippen LogP contribution is 2.43. The molecule has 34 heavy (non-hydrogen) atoms. The molecular weight excluding hydrogens is 453 g/mol. The zero-order valence-electron chi connectivity index (χ0n) is 19.7. The maximum Gasteiger partial charge on any atom is 0.410 e. The van der Waals surface area contributed by atoms with E-state index in [1.54, 1.807) is 12.1 Å². The Hall–Kier alpha value is -3.19. The minimum Gasteiger partial charge on any atom is -0.445 e. The molecule has 4 rings (SSSR count). The second-order valence-corrected chi connectivity index (χ2v) is 10.3. The lowest BCUT2D eigenvalue weighted by Gasteiger charge is -2.30. The second kappa shape index (κ2) is 10.8. The van der Waals surface area contributed by atoms with Gasteiger partial charge in [0.05, 0.1) is 4.90 Å². The van der Waals surface area contributed by atoms with Gasteiger partial charge in [0.15, 0.2) is 9.84 Å². The standard InChI is InChI=1S/C25H24FNO4S.C2H6/c1-19-7-9-21(10-8-19)25(32(29,30)23-13-11-22(26)12-14-23)15-16-27(18-25)24(28)31-17-20-5-3-2-4-6-20;1-2/h2-14H,15-18H2,1H3;1-2H3. The summed E-state index contributed by atoms with van der Waals surface area (Å²) in [4.78, 5) is 14.2. The summed E-state index contributed by atoms with van der Waals surface area (Å²) in [5.41, 5.74) is 2.45. The molecule has 0 N–H and O–H groups in total. The van der Waals surface area contributed by atoms with Crippen molar-refractivity contribution in [2.45, 2.75) is 43.4 Å². The molecule has 1 aliphatic rings. The summed E-state index contributed by atoms with van der Waals surface area (Å²) in [5, 5.41) is 0. The Balaban J connectivity index is 0.00000158. The highest BCUT2D eigenvalue weighted by molar-refractivity contribution is 7.92. The zero-order chi connectivity index (χ0) is 24.8. The Kier molecular flexibility index (Phi) is 8.10. The van der Waals surface area contributed by atoms with Gasteiger partial charge < -0.3 is 9.64 Å². The van der Waals surface area contributed by atoms with Crippen molar-refractivity contribution in [1.82, 2.24) is 4.90 Å². The first kappa shape index (κ1) is 25.4. The average Bonchev–Trinajstić information content (AvgIpc) is 3.33. The first-order valence-electron chi connectivity index (χ1n) is 11.3. The van der Waals surface area contributed by atoms with E-state index in [-0.39, 0.29) is 31.0 Å². The average molecular weight is 484 g/mol. The number of ether oxygens (including phenoxy) is 1. The molecule has 3 aromatic carbocycles. The van der Waals surface area contributed by atoms with Crippen molar-refractivity contribution in [2.24, 2.45) is 0 Å². The number of benzene rings is 3. The fourth-order valence-corrected chi connectivity index (χ4v) is 6.13.